The number of ether oxygens (including phenoxy) is 1. The number of nitrogens with zero attached hydrogens (tertiary/aromatic N) is 2. The molecule has 0 N–H and O–H groups in total. The molecular weight excluding hydrogens is 324 g/mol. The largest absolute Gasteiger partial charge is 0.444 e. The molecule has 2 heterocycles. The summed E-state index contributed by atoms with van der Waals surface area (Å²) in [5.74, 6) is 0. The highest BCUT2D eigenvalue weighted by Crippen LogP contribution is 2.25. The van der Waals surface area contributed by atoms with Crippen molar-refractivity contribution in [2.45, 2.75) is 43.0 Å². The van der Waals surface area contributed by atoms with Crippen LogP contribution >= 0.6 is 11.3 Å². The van der Waals surface area contributed by atoms with E-state index in [1.807, 2.05) is 20.8 Å². The van der Waals surface area contributed by atoms with Crippen LogP contribution in [-0.4, -0.2) is 55.5 Å². The molecule has 1 fully saturated rings. The van der Waals surface area contributed by atoms with E-state index in [0.717, 1.165) is 0 Å². The first-order chi connectivity index (χ1) is 10.1. The Morgan fingerprint density at radius 3 is 2.68 bits per heavy atom. The molecule has 22 heavy (non-hydrogen) atoms. The maximum absolute atomic E-state index is 12.5. The van der Waals surface area contributed by atoms with Crippen LogP contribution < -0.4 is 0 Å². The number of hydrogen-bond acceptors (Lipinski definition) is 5. The van der Waals surface area contributed by atoms with Gasteiger partial charge in [-0.1, -0.05) is 6.07 Å². The lowest BCUT2D eigenvalue weighted by Crippen LogP contribution is -2.41. The zero-order valence-electron chi connectivity index (χ0n) is 13.3. The Morgan fingerprint density at radius 2 is 2.14 bits per heavy atom. The van der Waals surface area contributed by atoms with Crippen LogP contribution in [0.15, 0.2) is 21.7 Å². The summed E-state index contributed by atoms with van der Waals surface area (Å²) in [6, 6.07) is 3.09. The molecular formula is C14H22N2O4S2. The van der Waals surface area contributed by atoms with Gasteiger partial charge in [0.25, 0.3) is 10.0 Å². The van der Waals surface area contributed by atoms with Crippen molar-refractivity contribution in [1.82, 2.24) is 9.21 Å². The predicted octanol–water partition coefficient (Wildman–Crippen LogP) is 2.38. The molecule has 0 aromatic carbocycles. The van der Waals surface area contributed by atoms with Gasteiger partial charge < -0.3 is 9.64 Å². The molecule has 0 spiro atoms. The second-order valence-corrected chi connectivity index (χ2v) is 9.49. The van der Waals surface area contributed by atoms with Crippen LogP contribution in [0, 0.1) is 0 Å². The van der Waals surface area contributed by atoms with Gasteiger partial charge in [0.1, 0.15) is 9.81 Å². The summed E-state index contributed by atoms with van der Waals surface area (Å²) in [6.07, 6.45) is 0.220. The van der Waals surface area contributed by atoms with E-state index in [9.17, 15) is 13.2 Å². The van der Waals surface area contributed by atoms with Crippen LogP contribution in [0.4, 0.5) is 4.79 Å². The molecule has 6 nitrogen and oxygen atoms in total. The molecule has 8 heteroatoms. The van der Waals surface area contributed by atoms with Crippen molar-refractivity contribution in [3.05, 3.63) is 17.5 Å². The summed E-state index contributed by atoms with van der Waals surface area (Å²) in [4.78, 5) is 13.6. The summed E-state index contributed by atoms with van der Waals surface area (Å²) in [6.45, 7) is 6.30. The lowest BCUT2D eigenvalue weighted by molar-refractivity contribution is 0.0287. The summed E-state index contributed by atoms with van der Waals surface area (Å²) in [5.41, 5.74) is -0.551. The van der Waals surface area contributed by atoms with Crippen molar-refractivity contribution in [1.29, 1.82) is 0 Å². The first kappa shape index (κ1) is 17.2. The van der Waals surface area contributed by atoms with Crippen molar-refractivity contribution < 1.29 is 17.9 Å². The van der Waals surface area contributed by atoms with E-state index >= 15 is 0 Å². The fraction of sp³-hybridized carbons (Fsp3) is 0.643. The highest BCUT2D eigenvalue weighted by molar-refractivity contribution is 7.91. The maximum Gasteiger partial charge on any atom is 0.410 e. The Bertz CT molecular complexity index is 620. The highest BCUT2D eigenvalue weighted by Gasteiger charge is 2.36. The predicted molar refractivity (Wildman–Crippen MR) is 85.5 cm³/mol. The van der Waals surface area contributed by atoms with E-state index in [1.165, 1.54) is 15.6 Å². The summed E-state index contributed by atoms with van der Waals surface area (Å²) in [5, 5.41) is 1.74. The minimum absolute atomic E-state index is 0.223. The molecule has 0 bridgehead atoms. The Balaban J connectivity index is 2.03. The van der Waals surface area contributed by atoms with Crippen LogP contribution in [0.5, 0.6) is 0 Å². The fourth-order valence-electron chi connectivity index (χ4n) is 2.28. The molecule has 2 rings (SSSR count). The number of amides is 1. The van der Waals surface area contributed by atoms with Crippen LogP contribution in [0.1, 0.15) is 27.2 Å². The second-order valence-electron chi connectivity index (χ2n) is 6.32. The topological polar surface area (TPSA) is 66.9 Å². The van der Waals surface area contributed by atoms with Crippen molar-refractivity contribution >= 4 is 27.5 Å². The molecule has 1 amide bonds. The van der Waals surface area contributed by atoms with Crippen molar-refractivity contribution in [3.63, 3.8) is 0 Å². The quantitative estimate of drug-likeness (QED) is 0.843. The normalized spacial score (nSPS) is 19.7. The van der Waals surface area contributed by atoms with Gasteiger partial charge in [-0.2, -0.15) is 4.31 Å². The number of carbonyl (C=O) groups is 1. The third-order valence-corrected chi connectivity index (χ3v) is 6.74. The molecule has 0 saturated carbocycles. The Hall–Kier alpha value is -1.12. The number of likely N-dealkylation sites (tertiary alicyclic amines) is 1. The van der Waals surface area contributed by atoms with Gasteiger partial charge in [-0.05, 0) is 38.6 Å². The summed E-state index contributed by atoms with van der Waals surface area (Å²) in [7, 11) is -1.92. The van der Waals surface area contributed by atoms with Crippen molar-refractivity contribution in [2.24, 2.45) is 0 Å². The molecule has 1 saturated heterocycles. The summed E-state index contributed by atoms with van der Waals surface area (Å²) < 4.78 is 32.0. The number of thiophene rings is 1. The average molecular weight is 346 g/mol. The zero-order valence-corrected chi connectivity index (χ0v) is 14.9. The van der Waals surface area contributed by atoms with E-state index in [2.05, 4.69) is 0 Å². The molecule has 0 unspecified atom stereocenters. The molecule has 1 atom stereocenters. The van der Waals surface area contributed by atoms with Crippen LogP contribution in [-0.2, 0) is 14.8 Å². The summed E-state index contributed by atoms with van der Waals surface area (Å²) >= 11 is 1.20. The molecule has 1 aliphatic heterocycles. The van der Waals surface area contributed by atoms with Crippen LogP contribution in [0.3, 0.4) is 0 Å². The van der Waals surface area contributed by atoms with E-state index in [0.29, 0.717) is 23.7 Å². The second kappa shape index (κ2) is 6.17. The fourth-order valence-corrected chi connectivity index (χ4v) is 4.83. The zero-order chi connectivity index (χ0) is 16.5. The van der Waals surface area contributed by atoms with Crippen molar-refractivity contribution in [2.75, 3.05) is 20.1 Å². The van der Waals surface area contributed by atoms with Gasteiger partial charge in [0.15, 0.2) is 0 Å². The SMILES string of the molecule is CN([C@@H]1CCN(C(=O)OC(C)(C)C)C1)S(=O)(=O)c1cccs1. The number of hydrogen-bond donors (Lipinski definition) is 0. The Kier molecular flexibility index (Phi) is 4.84. The average Bonchev–Trinajstić information content (AvgIpc) is 3.07. The van der Waals surface area contributed by atoms with Gasteiger partial charge >= 0.3 is 6.09 Å². The number of sulfonamides is 1. The lowest BCUT2D eigenvalue weighted by Gasteiger charge is -2.26. The maximum atomic E-state index is 12.5. The first-order valence-electron chi connectivity index (χ1n) is 7.11. The minimum atomic E-state index is -3.49. The number of rotatable bonds is 3. The number of likely N-dealkylation sites (N-methyl/N-ethyl adjacent to an activating group) is 1. The Labute approximate surface area is 135 Å². The minimum Gasteiger partial charge on any atom is -0.444 e. The van der Waals surface area contributed by atoms with Gasteiger partial charge in [0.05, 0.1) is 0 Å². The van der Waals surface area contributed by atoms with Gasteiger partial charge in [-0.3, -0.25) is 0 Å². The van der Waals surface area contributed by atoms with E-state index in [4.69, 9.17) is 4.74 Å². The Morgan fingerprint density at radius 1 is 1.45 bits per heavy atom. The number of carbonyl (C=O) groups excluding carboxylic acids is 1. The van der Waals surface area contributed by atoms with Crippen molar-refractivity contribution in [3.8, 4) is 0 Å². The third-order valence-electron chi connectivity index (χ3n) is 3.46. The van der Waals surface area contributed by atoms with Crippen LogP contribution in [0.2, 0.25) is 0 Å². The third kappa shape index (κ3) is 3.80. The molecule has 0 aliphatic carbocycles. The molecule has 1 aliphatic rings. The highest BCUT2D eigenvalue weighted by atomic mass is 32.2. The first-order valence-corrected chi connectivity index (χ1v) is 9.43. The van der Waals surface area contributed by atoms with Gasteiger partial charge in [-0.25, -0.2) is 13.2 Å². The molecule has 124 valence electrons. The van der Waals surface area contributed by atoms with E-state index < -0.39 is 21.7 Å². The molecule has 1 aromatic heterocycles. The lowest BCUT2D eigenvalue weighted by atomic mass is 10.2. The molecule has 0 radical (unpaired) electrons. The van der Waals surface area contributed by atoms with E-state index in [1.54, 1.807) is 29.5 Å². The molecule has 1 aromatic rings. The van der Waals surface area contributed by atoms with E-state index in [-0.39, 0.29) is 6.04 Å². The monoisotopic (exact) mass is 346 g/mol. The van der Waals surface area contributed by atoms with Crippen LogP contribution in [0.25, 0.3) is 0 Å². The van der Waals surface area contributed by atoms with Gasteiger partial charge in [-0.15, -0.1) is 11.3 Å². The van der Waals surface area contributed by atoms with Gasteiger partial charge in [0.2, 0.25) is 0 Å². The smallest absolute Gasteiger partial charge is 0.410 e. The van der Waals surface area contributed by atoms with Gasteiger partial charge in [0, 0.05) is 26.2 Å². The standard InChI is InChI=1S/C14H22N2O4S2/c1-14(2,3)20-13(17)16-8-7-11(10-16)15(4)22(18,19)12-6-5-9-21-12/h5-6,9,11H,7-8,10H2,1-4H3/t11-/m1/s1.